The molecule has 0 atom stereocenters. The third kappa shape index (κ3) is 7.90. The lowest BCUT2D eigenvalue weighted by atomic mass is 9.80. The van der Waals surface area contributed by atoms with E-state index in [2.05, 4.69) is 60.7 Å². The average Bonchev–Trinajstić information content (AvgIpc) is 2.63. The molecule has 2 aromatic rings. The van der Waals surface area contributed by atoms with E-state index < -0.39 is 0 Å². The Labute approximate surface area is 156 Å². The topological polar surface area (TPSA) is 0 Å². The fraction of sp³-hybridized carbons (Fsp3) is 0.520. The van der Waals surface area contributed by atoms with Crippen LogP contribution in [0.5, 0.6) is 0 Å². The highest BCUT2D eigenvalue weighted by atomic mass is 14.2. The van der Waals surface area contributed by atoms with Gasteiger partial charge in [-0.05, 0) is 42.2 Å². The molecular formula is C25H38. The zero-order valence-corrected chi connectivity index (χ0v) is 16.9. The summed E-state index contributed by atoms with van der Waals surface area (Å²) in [5, 5.41) is 0. The molecule has 2 fully saturated rings. The van der Waals surface area contributed by atoms with E-state index in [0.717, 1.165) is 11.8 Å². The summed E-state index contributed by atoms with van der Waals surface area (Å²) in [6.45, 7) is 8.00. The van der Waals surface area contributed by atoms with Gasteiger partial charge in [-0.1, -0.05) is 114 Å². The highest BCUT2D eigenvalue weighted by molar-refractivity contribution is 5.20. The van der Waals surface area contributed by atoms with Crippen LogP contribution >= 0.6 is 0 Å². The van der Waals surface area contributed by atoms with E-state index in [0.29, 0.717) is 0 Å². The Hall–Kier alpha value is -1.56. The number of hydrogen-bond donors (Lipinski definition) is 0. The van der Waals surface area contributed by atoms with Crippen molar-refractivity contribution < 1.29 is 0 Å². The van der Waals surface area contributed by atoms with Crippen LogP contribution in [0.1, 0.15) is 83.3 Å². The maximum Gasteiger partial charge on any atom is -0.0162 e. The fourth-order valence-corrected chi connectivity index (χ4v) is 3.11. The van der Waals surface area contributed by atoms with Crippen molar-refractivity contribution in [3.05, 3.63) is 71.8 Å². The van der Waals surface area contributed by atoms with Crippen molar-refractivity contribution in [2.24, 2.45) is 5.92 Å². The molecule has 0 nitrogen and oxygen atoms in total. The Kier molecular flexibility index (Phi) is 11.8. The molecular weight excluding hydrogens is 300 g/mol. The first-order valence-electron chi connectivity index (χ1n) is 10.5. The maximum absolute atomic E-state index is 2.24. The van der Waals surface area contributed by atoms with Crippen LogP contribution in [0.4, 0.5) is 0 Å². The number of benzene rings is 2. The number of rotatable bonds is 3. The molecule has 2 aliphatic rings. The molecule has 0 heterocycles. The molecule has 0 aromatic heterocycles. The van der Waals surface area contributed by atoms with Crippen molar-refractivity contribution in [2.45, 2.75) is 78.6 Å². The molecule has 4 rings (SSSR count). The molecule has 0 unspecified atom stereocenters. The van der Waals surface area contributed by atoms with Crippen molar-refractivity contribution >= 4 is 0 Å². The van der Waals surface area contributed by atoms with Gasteiger partial charge in [-0.15, -0.1) is 0 Å². The normalized spacial score (nSPS) is 15.7. The maximum atomic E-state index is 2.24. The van der Waals surface area contributed by atoms with E-state index in [9.17, 15) is 0 Å². The molecule has 138 valence electrons. The van der Waals surface area contributed by atoms with Gasteiger partial charge < -0.3 is 0 Å². The van der Waals surface area contributed by atoms with Crippen molar-refractivity contribution in [3.8, 4) is 0 Å². The minimum Gasteiger partial charge on any atom is -0.0683 e. The molecule has 0 saturated heterocycles. The van der Waals surface area contributed by atoms with Gasteiger partial charge in [0.15, 0.2) is 0 Å². The van der Waals surface area contributed by atoms with Crippen LogP contribution in [0, 0.1) is 5.92 Å². The van der Waals surface area contributed by atoms with E-state index in [1.807, 2.05) is 27.7 Å². The van der Waals surface area contributed by atoms with Gasteiger partial charge in [0.25, 0.3) is 0 Å². The minimum atomic E-state index is 0.890. The summed E-state index contributed by atoms with van der Waals surface area (Å²) >= 11 is 0. The predicted molar refractivity (Wildman–Crippen MR) is 113 cm³/mol. The molecule has 2 aromatic carbocycles. The quantitative estimate of drug-likeness (QED) is 0.531. The molecule has 0 amide bonds. The van der Waals surface area contributed by atoms with E-state index in [1.165, 1.54) is 56.1 Å². The third-order valence-corrected chi connectivity index (χ3v) is 4.97. The number of hydrogen-bond acceptors (Lipinski definition) is 0. The largest absolute Gasteiger partial charge is 0.0683 e. The average molecular weight is 339 g/mol. The second-order valence-corrected chi connectivity index (χ2v) is 6.53. The standard InChI is InChI=1S/C11H14.C10H12.2C2H6/c1-2-5-10(6-3-1)9-11-7-4-8-11;1-2-5-9(6-3-1)10-7-4-8-10;2*1-2/h1-3,5-6,11H,4,7-9H2;1-3,5-6,10H,4,7-8H2;2*1-2H3. The minimum absolute atomic E-state index is 0.890. The monoisotopic (exact) mass is 338 g/mol. The predicted octanol–water partition coefficient (Wildman–Crippen LogP) is 8.04. The smallest absolute Gasteiger partial charge is 0.0162 e. The summed E-state index contributed by atoms with van der Waals surface area (Å²) in [7, 11) is 0. The Bertz CT molecular complexity index is 506. The molecule has 2 saturated carbocycles. The lowest BCUT2D eigenvalue weighted by molar-refractivity contribution is 0.314. The third-order valence-electron chi connectivity index (χ3n) is 4.97. The highest BCUT2D eigenvalue weighted by Gasteiger charge is 2.18. The van der Waals surface area contributed by atoms with Crippen molar-refractivity contribution in [1.29, 1.82) is 0 Å². The van der Waals surface area contributed by atoms with Crippen LogP contribution in [0.3, 0.4) is 0 Å². The zero-order chi connectivity index (χ0) is 18.3. The SMILES string of the molecule is CC.CC.c1ccc(C2CCC2)cc1.c1ccc(CC2CCC2)cc1. The Balaban J connectivity index is 0.000000210. The van der Waals surface area contributed by atoms with Gasteiger partial charge in [0.1, 0.15) is 0 Å². The van der Waals surface area contributed by atoms with Crippen LogP contribution in [0.2, 0.25) is 0 Å². The van der Waals surface area contributed by atoms with Gasteiger partial charge in [0, 0.05) is 0 Å². The van der Waals surface area contributed by atoms with E-state index in [1.54, 1.807) is 0 Å². The Morgan fingerprint density at radius 2 is 1.12 bits per heavy atom. The van der Waals surface area contributed by atoms with Crippen molar-refractivity contribution in [2.75, 3.05) is 0 Å². The Morgan fingerprint density at radius 3 is 1.52 bits per heavy atom. The second-order valence-electron chi connectivity index (χ2n) is 6.53. The molecule has 0 bridgehead atoms. The summed E-state index contributed by atoms with van der Waals surface area (Å²) < 4.78 is 0. The van der Waals surface area contributed by atoms with E-state index in [4.69, 9.17) is 0 Å². The molecule has 2 aliphatic carbocycles. The summed E-state index contributed by atoms with van der Waals surface area (Å²) in [5.74, 6) is 1.89. The van der Waals surface area contributed by atoms with Gasteiger partial charge >= 0.3 is 0 Å². The molecule has 25 heavy (non-hydrogen) atoms. The lowest BCUT2D eigenvalue weighted by Crippen LogP contribution is -2.13. The lowest BCUT2D eigenvalue weighted by Gasteiger charge is -2.25. The van der Waals surface area contributed by atoms with Gasteiger partial charge in [0.05, 0.1) is 0 Å². The van der Waals surface area contributed by atoms with Gasteiger partial charge in [-0.25, -0.2) is 0 Å². The molecule has 0 spiro atoms. The molecule has 0 heteroatoms. The molecule has 0 aliphatic heterocycles. The second kappa shape index (κ2) is 13.7. The van der Waals surface area contributed by atoms with Crippen LogP contribution in [-0.4, -0.2) is 0 Å². The first kappa shape index (κ1) is 21.5. The van der Waals surface area contributed by atoms with Crippen LogP contribution in [0.25, 0.3) is 0 Å². The zero-order valence-electron chi connectivity index (χ0n) is 16.9. The summed E-state index contributed by atoms with van der Waals surface area (Å²) in [4.78, 5) is 0. The summed E-state index contributed by atoms with van der Waals surface area (Å²) in [6, 6.07) is 21.7. The van der Waals surface area contributed by atoms with Crippen LogP contribution < -0.4 is 0 Å². The molecule has 0 N–H and O–H groups in total. The Morgan fingerprint density at radius 1 is 0.640 bits per heavy atom. The van der Waals surface area contributed by atoms with E-state index in [-0.39, 0.29) is 0 Å². The fourth-order valence-electron chi connectivity index (χ4n) is 3.11. The van der Waals surface area contributed by atoms with Crippen LogP contribution in [-0.2, 0) is 6.42 Å². The summed E-state index contributed by atoms with van der Waals surface area (Å²) in [6.07, 6.45) is 9.91. The van der Waals surface area contributed by atoms with Crippen molar-refractivity contribution in [1.82, 2.24) is 0 Å². The first-order valence-corrected chi connectivity index (χ1v) is 10.5. The first-order chi connectivity index (χ1) is 12.4. The van der Waals surface area contributed by atoms with Gasteiger partial charge in [0.2, 0.25) is 0 Å². The highest BCUT2D eigenvalue weighted by Crippen LogP contribution is 2.35. The summed E-state index contributed by atoms with van der Waals surface area (Å²) in [5.41, 5.74) is 3.05. The van der Waals surface area contributed by atoms with Crippen LogP contribution in [0.15, 0.2) is 60.7 Å². The van der Waals surface area contributed by atoms with Gasteiger partial charge in [-0.2, -0.15) is 0 Å². The molecule has 0 radical (unpaired) electrons. The van der Waals surface area contributed by atoms with E-state index >= 15 is 0 Å². The van der Waals surface area contributed by atoms with Gasteiger partial charge in [-0.3, -0.25) is 0 Å². The van der Waals surface area contributed by atoms with Crippen molar-refractivity contribution in [3.63, 3.8) is 0 Å².